The van der Waals surface area contributed by atoms with Crippen LogP contribution in [0.15, 0.2) is 77.8 Å². The van der Waals surface area contributed by atoms with E-state index in [2.05, 4.69) is 10.6 Å². The van der Waals surface area contributed by atoms with E-state index in [0.29, 0.717) is 36.6 Å². The molecule has 0 spiro atoms. The molecule has 2 amide bonds. The normalized spacial score (nSPS) is 15.1. The molecule has 3 aromatic carbocycles. The van der Waals surface area contributed by atoms with Crippen molar-refractivity contribution in [1.82, 2.24) is 10.2 Å². The van der Waals surface area contributed by atoms with Crippen LogP contribution >= 0.6 is 0 Å². The largest absolute Gasteiger partial charge is 0.352 e. The summed E-state index contributed by atoms with van der Waals surface area (Å²) in [6.45, 7) is 2.95. The summed E-state index contributed by atoms with van der Waals surface area (Å²) >= 11 is 0. The summed E-state index contributed by atoms with van der Waals surface area (Å²) < 4.78 is 26.7. The van der Waals surface area contributed by atoms with Crippen molar-refractivity contribution in [2.24, 2.45) is 4.99 Å². The number of rotatable bonds is 11. The fourth-order valence-corrected chi connectivity index (χ4v) is 5.63. The topological polar surface area (TPSA) is 111 Å². The van der Waals surface area contributed by atoms with E-state index in [-0.39, 0.29) is 11.8 Å². The zero-order valence-corrected chi connectivity index (χ0v) is 24.0. The second kappa shape index (κ2) is 12.4. The molecule has 0 bridgehead atoms. The van der Waals surface area contributed by atoms with E-state index >= 15 is 0 Å². The van der Waals surface area contributed by atoms with Crippen LogP contribution in [0.4, 0.5) is 17.1 Å². The quantitative estimate of drug-likeness (QED) is 0.345. The molecule has 0 aliphatic carbocycles. The molecule has 1 aliphatic rings. The lowest BCUT2D eigenvalue weighted by atomic mass is 9.90. The predicted octanol–water partition coefficient (Wildman–Crippen LogP) is 3.90. The maximum absolute atomic E-state index is 13.2. The van der Waals surface area contributed by atoms with Crippen molar-refractivity contribution in [2.45, 2.75) is 25.8 Å². The summed E-state index contributed by atoms with van der Waals surface area (Å²) in [6, 6.07) is 22.2. The van der Waals surface area contributed by atoms with E-state index < -0.39 is 15.9 Å². The first kappa shape index (κ1) is 29.0. The number of fused-ring (bicyclic) bond motifs is 1. The number of hydrogen-bond acceptors (Lipinski definition) is 6. The van der Waals surface area contributed by atoms with Gasteiger partial charge >= 0.3 is 0 Å². The van der Waals surface area contributed by atoms with E-state index in [1.165, 1.54) is 17.5 Å². The average molecular weight is 562 g/mol. The van der Waals surface area contributed by atoms with Crippen molar-refractivity contribution in [3.05, 3.63) is 89.5 Å². The number of anilines is 2. The number of nitrogens with one attached hydrogen (secondary N) is 2. The molecule has 2 N–H and O–H groups in total. The van der Waals surface area contributed by atoms with Crippen molar-refractivity contribution in [2.75, 3.05) is 43.1 Å². The van der Waals surface area contributed by atoms with Crippen LogP contribution < -0.4 is 14.9 Å². The third-order valence-electron chi connectivity index (χ3n) is 6.59. The minimum absolute atomic E-state index is 0.115. The number of carbonyl (C=O) groups excluding carboxylic acids is 2. The average Bonchev–Trinajstić information content (AvgIpc) is 3.23. The molecule has 1 aliphatic heterocycles. The second-order valence-corrected chi connectivity index (χ2v) is 12.0. The number of carbonyl (C=O) groups is 2. The molecule has 40 heavy (non-hydrogen) atoms. The Morgan fingerprint density at radius 2 is 1.73 bits per heavy atom. The molecule has 9 nitrogen and oxygen atoms in total. The number of amides is 2. The maximum Gasteiger partial charge on any atom is 0.238 e. The highest BCUT2D eigenvalue weighted by Gasteiger charge is 2.35. The van der Waals surface area contributed by atoms with Gasteiger partial charge in [0.25, 0.3) is 0 Å². The van der Waals surface area contributed by atoms with E-state index in [9.17, 15) is 18.0 Å². The summed E-state index contributed by atoms with van der Waals surface area (Å²) in [6.07, 6.45) is 1.87. The fraction of sp³-hybridized carbons (Fsp3) is 0.300. The van der Waals surface area contributed by atoms with Gasteiger partial charge in [-0.2, -0.15) is 0 Å². The van der Waals surface area contributed by atoms with Crippen molar-refractivity contribution in [3.63, 3.8) is 0 Å². The molecule has 3 aromatic rings. The molecule has 4 rings (SSSR count). The second-order valence-electron chi connectivity index (χ2n) is 10.1. The third-order valence-corrected chi connectivity index (χ3v) is 7.78. The van der Waals surface area contributed by atoms with Gasteiger partial charge in [-0.1, -0.05) is 48.5 Å². The summed E-state index contributed by atoms with van der Waals surface area (Å²) in [4.78, 5) is 31.5. The number of para-hydroxylation sites is 1. The van der Waals surface area contributed by atoms with Gasteiger partial charge in [-0.25, -0.2) is 8.42 Å². The Hall–Kier alpha value is -4.02. The van der Waals surface area contributed by atoms with Gasteiger partial charge in [-0.15, -0.1) is 0 Å². The highest BCUT2D eigenvalue weighted by atomic mass is 32.2. The van der Waals surface area contributed by atoms with Gasteiger partial charge in [-0.05, 0) is 68.0 Å². The van der Waals surface area contributed by atoms with Gasteiger partial charge in [0.1, 0.15) is 5.92 Å². The molecule has 210 valence electrons. The summed E-state index contributed by atoms with van der Waals surface area (Å²) in [7, 11) is 0.378. The molecule has 0 saturated carbocycles. The number of sulfonamides is 1. The molecule has 1 heterocycles. The van der Waals surface area contributed by atoms with Crippen LogP contribution in [0.2, 0.25) is 0 Å². The molecule has 0 aromatic heterocycles. The number of nitrogens with zero attached hydrogens (tertiary/aromatic N) is 3. The van der Waals surface area contributed by atoms with Crippen LogP contribution in [-0.4, -0.2) is 64.3 Å². The number of hydrogen-bond donors (Lipinski definition) is 2. The van der Waals surface area contributed by atoms with E-state index in [4.69, 9.17) is 4.99 Å². The monoisotopic (exact) mass is 561 g/mol. The highest BCUT2D eigenvalue weighted by molar-refractivity contribution is 7.92. The summed E-state index contributed by atoms with van der Waals surface area (Å²) in [5.41, 5.74) is 4.83. The zero-order chi connectivity index (χ0) is 28.9. The van der Waals surface area contributed by atoms with Crippen LogP contribution in [0.3, 0.4) is 0 Å². The molecule has 0 saturated heterocycles. The van der Waals surface area contributed by atoms with Crippen LogP contribution in [-0.2, 0) is 26.2 Å². The summed E-state index contributed by atoms with van der Waals surface area (Å²) in [5.74, 6) is -0.942. The van der Waals surface area contributed by atoms with Gasteiger partial charge in [0.15, 0.2) is 0 Å². The molecule has 1 unspecified atom stereocenters. The van der Waals surface area contributed by atoms with Crippen molar-refractivity contribution >= 4 is 44.6 Å². The van der Waals surface area contributed by atoms with Gasteiger partial charge < -0.3 is 15.5 Å². The number of benzene rings is 3. The number of aliphatic imine (C=N–C) groups is 1. The minimum atomic E-state index is -3.52. The van der Waals surface area contributed by atoms with Gasteiger partial charge in [0.2, 0.25) is 21.8 Å². The Balaban J connectivity index is 1.76. The Morgan fingerprint density at radius 1 is 1.00 bits per heavy atom. The molecular weight excluding hydrogens is 526 g/mol. The van der Waals surface area contributed by atoms with E-state index in [1.54, 1.807) is 24.3 Å². The predicted molar refractivity (Wildman–Crippen MR) is 160 cm³/mol. The zero-order valence-electron chi connectivity index (χ0n) is 23.2. The molecule has 0 radical (unpaired) electrons. The summed E-state index contributed by atoms with van der Waals surface area (Å²) in [5, 5.41) is 5.74. The molecular formula is C30H35N5O4S. The first-order chi connectivity index (χ1) is 19.0. The van der Waals surface area contributed by atoms with Crippen LogP contribution in [0, 0.1) is 0 Å². The lowest BCUT2D eigenvalue weighted by Gasteiger charge is -2.23. The fourth-order valence-electron chi connectivity index (χ4n) is 4.67. The minimum Gasteiger partial charge on any atom is -0.352 e. The first-order valence-electron chi connectivity index (χ1n) is 13.1. The Labute approximate surface area is 236 Å². The lowest BCUT2D eigenvalue weighted by molar-refractivity contribution is -0.119. The highest BCUT2D eigenvalue weighted by Crippen LogP contribution is 2.36. The van der Waals surface area contributed by atoms with Crippen molar-refractivity contribution in [1.29, 1.82) is 0 Å². The Morgan fingerprint density at radius 3 is 2.40 bits per heavy atom. The van der Waals surface area contributed by atoms with Gasteiger partial charge in [0.05, 0.1) is 23.3 Å². The van der Waals surface area contributed by atoms with Gasteiger partial charge in [0, 0.05) is 25.7 Å². The van der Waals surface area contributed by atoms with Crippen molar-refractivity contribution in [3.8, 4) is 0 Å². The molecule has 0 fully saturated rings. The van der Waals surface area contributed by atoms with Crippen LogP contribution in [0.25, 0.3) is 0 Å². The van der Waals surface area contributed by atoms with Gasteiger partial charge in [-0.3, -0.25) is 18.9 Å². The lowest BCUT2D eigenvalue weighted by Crippen LogP contribution is -2.32. The van der Waals surface area contributed by atoms with Crippen molar-refractivity contribution < 1.29 is 18.0 Å². The SMILES string of the molecule is CC(=O)NCc1ccc(C(=Nc2cccc(N(CCCN(C)C)S(C)(=O)=O)c2)C2C(=O)Nc3ccccc32)cc1. The molecule has 1 atom stereocenters. The Bertz CT molecular complexity index is 1520. The van der Waals surface area contributed by atoms with Crippen LogP contribution in [0.1, 0.15) is 36.0 Å². The smallest absolute Gasteiger partial charge is 0.238 e. The standard InChI is InChI=1S/C30H35N5O4S/c1-21(36)31-20-22-13-15-23(16-14-22)29(28-26-11-5-6-12-27(26)33-30(28)37)32-24-9-7-10-25(19-24)35(40(4,38)39)18-8-17-34(2)3/h5-7,9-16,19,28H,8,17-18,20H2,1-4H3,(H,31,36)(H,33,37). The molecule has 10 heteroatoms. The third kappa shape index (κ3) is 7.13. The van der Waals surface area contributed by atoms with E-state index in [0.717, 1.165) is 28.9 Å². The van der Waals surface area contributed by atoms with E-state index in [1.807, 2.05) is 67.5 Å². The van der Waals surface area contributed by atoms with Crippen LogP contribution in [0.5, 0.6) is 0 Å². The maximum atomic E-state index is 13.2. The Kier molecular flexibility index (Phi) is 9.01. The first-order valence-corrected chi connectivity index (χ1v) is 14.9.